The predicted octanol–water partition coefficient (Wildman–Crippen LogP) is 1.98. The molecule has 0 atom stereocenters. The Hall–Kier alpha value is -1.75. The summed E-state index contributed by atoms with van der Waals surface area (Å²) in [7, 11) is 0. The molecule has 1 rings (SSSR count). The van der Waals surface area contributed by atoms with Crippen LogP contribution < -0.4 is 0 Å². The van der Waals surface area contributed by atoms with Crippen LogP contribution in [-0.2, 0) is 34.9 Å². The number of carbonyl (C=O) groups excluding carboxylic acids is 2. The lowest BCUT2D eigenvalue weighted by molar-refractivity contribution is -0.433. The molecule has 7 nitrogen and oxygen atoms in total. The van der Waals surface area contributed by atoms with Crippen molar-refractivity contribution >= 4 is 24.0 Å². The van der Waals surface area contributed by atoms with Crippen molar-refractivity contribution in [2.45, 2.75) is 11.7 Å². The zero-order valence-electron chi connectivity index (χ0n) is 11.1. The average Bonchev–Trinajstić information content (AvgIpc) is 2.51. The van der Waals surface area contributed by atoms with Crippen LogP contribution in [0.1, 0.15) is 5.56 Å². The Balaban J connectivity index is 2.23. The molecule has 1 N–H and O–H groups in total. The fraction of sp³-hybridized carbons (Fsp3) is 0.333. The highest BCUT2D eigenvalue weighted by atomic mass is 32.2. The van der Waals surface area contributed by atoms with Crippen LogP contribution >= 0.6 is 12.0 Å². The molecule has 10 heteroatoms. The van der Waals surface area contributed by atoms with E-state index in [1.165, 1.54) is 0 Å². The summed E-state index contributed by atoms with van der Waals surface area (Å²) < 4.78 is 38.1. The van der Waals surface area contributed by atoms with Gasteiger partial charge in [-0.3, -0.25) is 0 Å². The molecule has 0 heterocycles. The fourth-order valence-corrected chi connectivity index (χ4v) is 1.51. The SMILES string of the molecule is O=C(COC(=O)C(F)(F)SOOO)OCCc1ccccc1. The quantitative estimate of drug-likeness (QED) is 0.316. The number of ether oxygens (including phenoxy) is 2. The molecule has 0 radical (unpaired) electrons. The summed E-state index contributed by atoms with van der Waals surface area (Å²) in [6.07, 6.45) is 0.439. The number of rotatable bonds is 9. The summed E-state index contributed by atoms with van der Waals surface area (Å²) in [6.45, 7) is -0.948. The largest absolute Gasteiger partial charge is 0.463 e. The summed E-state index contributed by atoms with van der Waals surface area (Å²) in [5, 5.41) is 6.50. The molecule has 0 unspecified atom stereocenters. The van der Waals surface area contributed by atoms with Gasteiger partial charge in [0.15, 0.2) is 6.61 Å². The molecule has 0 bridgehead atoms. The topological polar surface area (TPSA) is 91.3 Å². The van der Waals surface area contributed by atoms with Gasteiger partial charge in [-0.2, -0.15) is 8.78 Å². The Morgan fingerprint density at radius 3 is 2.50 bits per heavy atom. The lowest BCUT2D eigenvalue weighted by atomic mass is 10.2. The maximum atomic E-state index is 12.9. The van der Waals surface area contributed by atoms with Crippen molar-refractivity contribution in [1.82, 2.24) is 0 Å². The maximum Gasteiger partial charge on any atom is 0.415 e. The third kappa shape index (κ3) is 6.80. The zero-order chi connectivity index (χ0) is 16.4. The number of benzene rings is 1. The van der Waals surface area contributed by atoms with E-state index in [0.717, 1.165) is 5.56 Å². The van der Waals surface area contributed by atoms with Crippen molar-refractivity contribution in [2.24, 2.45) is 0 Å². The summed E-state index contributed by atoms with van der Waals surface area (Å²) >= 11 is -0.779. The van der Waals surface area contributed by atoms with Gasteiger partial charge in [0.25, 0.3) is 0 Å². The Labute approximate surface area is 128 Å². The lowest BCUT2D eigenvalue weighted by Crippen LogP contribution is -2.30. The standard InChI is InChI=1S/C12H12F2O7S/c13-12(14,22-21-20-17)11(16)19-8-10(15)18-7-6-9-4-2-1-3-5-9/h1-5,17H,6-8H2. The van der Waals surface area contributed by atoms with E-state index >= 15 is 0 Å². The molecule has 1 aromatic carbocycles. The van der Waals surface area contributed by atoms with E-state index in [-0.39, 0.29) is 6.61 Å². The highest BCUT2D eigenvalue weighted by molar-refractivity contribution is 7.96. The molecule has 0 aliphatic heterocycles. The van der Waals surface area contributed by atoms with Gasteiger partial charge in [0.1, 0.15) is 12.0 Å². The first-order valence-electron chi connectivity index (χ1n) is 5.86. The van der Waals surface area contributed by atoms with E-state index in [1.54, 1.807) is 0 Å². The van der Waals surface area contributed by atoms with Gasteiger partial charge in [-0.25, -0.2) is 14.8 Å². The Morgan fingerprint density at radius 1 is 1.18 bits per heavy atom. The van der Waals surface area contributed by atoms with Crippen LogP contribution in [0.2, 0.25) is 0 Å². The van der Waals surface area contributed by atoms with E-state index in [2.05, 4.69) is 14.1 Å². The number of alkyl halides is 2. The van der Waals surface area contributed by atoms with Gasteiger partial charge < -0.3 is 9.47 Å². The minimum atomic E-state index is -4.15. The van der Waals surface area contributed by atoms with Gasteiger partial charge in [0.2, 0.25) is 0 Å². The van der Waals surface area contributed by atoms with Crippen molar-refractivity contribution in [3.63, 3.8) is 0 Å². The average molecular weight is 338 g/mol. The molecule has 1 aromatic rings. The van der Waals surface area contributed by atoms with Crippen molar-refractivity contribution < 1.29 is 42.5 Å². The normalized spacial score (nSPS) is 11.0. The summed E-state index contributed by atoms with van der Waals surface area (Å²) in [5.41, 5.74) is 0.927. The lowest BCUT2D eigenvalue weighted by Gasteiger charge is -2.11. The fourth-order valence-electron chi connectivity index (χ4n) is 1.27. The Bertz CT molecular complexity index is 484. The smallest absolute Gasteiger partial charge is 0.415 e. The minimum absolute atomic E-state index is 0.0208. The van der Waals surface area contributed by atoms with Crippen LogP contribution in [-0.4, -0.2) is 35.7 Å². The van der Waals surface area contributed by atoms with Gasteiger partial charge in [-0.05, 0) is 5.56 Å². The van der Waals surface area contributed by atoms with Crippen molar-refractivity contribution in [1.29, 1.82) is 0 Å². The molecule has 0 saturated carbocycles. The molecular weight excluding hydrogens is 326 g/mol. The first-order valence-corrected chi connectivity index (χ1v) is 6.60. The number of hydrogen-bond acceptors (Lipinski definition) is 8. The van der Waals surface area contributed by atoms with E-state index in [1.807, 2.05) is 30.3 Å². The molecule has 22 heavy (non-hydrogen) atoms. The van der Waals surface area contributed by atoms with Gasteiger partial charge in [-0.1, -0.05) is 35.4 Å². The third-order valence-electron chi connectivity index (χ3n) is 2.22. The van der Waals surface area contributed by atoms with Crippen LogP contribution in [0, 0.1) is 0 Å². The zero-order valence-corrected chi connectivity index (χ0v) is 11.9. The first-order chi connectivity index (χ1) is 10.5. The molecular formula is C12H12F2O7S. The van der Waals surface area contributed by atoms with E-state index in [9.17, 15) is 18.4 Å². The molecule has 0 aromatic heterocycles. The molecule has 0 spiro atoms. The van der Waals surface area contributed by atoms with Crippen LogP contribution in [0.15, 0.2) is 30.3 Å². The molecule has 0 saturated heterocycles. The van der Waals surface area contributed by atoms with Crippen LogP contribution in [0.5, 0.6) is 0 Å². The first kappa shape index (κ1) is 18.3. The predicted molar refractivity (Wildman–Crippen MR) is 69.4 cm³/mol. The molecule has 122 valence electrons. The van der Waals surface area contributed by atoms with E-state index < -0.39 is 35.8 Å². The van der Waals surface area contributed by atoms with Crippen molar-refractivity contribution in [3.8, 4) is 0 Å². The van der Waals surface area contributed by atoms with Gasteiger partial charge in [0, 0.05) is 6.42 Å². The summed E-state index contributed by atoms with van der Waals surface area (Å²) in [4.78, 5) is 22.2. The number of esters is 2. The minimum Gasteiger partial charge on any atom is -0.463 e. The third-order valence-corrected chi connectivity index (χ3v) is 2.73. The highest BCUT2D eigenvalue weighted by Gasteiger charge is 2.44. The van der Waals surface area contributed by atoms with Crippen molar-refractivity contribution in [3.05, 3.63) is 35.9 Å². The number of hydrogen-bond donors (Lipinski definition) is 1. The molecule has 0 aliphatic carbocycles. The van der Waals surface area contributed by atoms with Crippen molar-refractivity contribution in [2.75, 3.05) is 13.2 Å². The monoisotopic (exact) mass is 338 g/mol. The molecule has 0 amide bonds. The number of carbonyl (C=O) groups is 2. The highest BCUT2D eigenvalue weighted by Crippen LogP contribution is 2.31. The second kappa shape index (κ2) is 9.30. The van der Waals surface area contributed by atoms with E-state index in [4.69, 9.17) is 9.99 Å². The maximum absolute atomic E-state index is 12.9. The Kier molecular flexibility index (Phi) is 7.74. The second-order valence-corrected chi connectivity index (χ2v) is 4.59. The second-order valence-electron chi connectivity index (χ2n) is 3.77. The molecule has 0 aliphatic rings. The summed E-state index contributed by atoms with van der Waals surface area (Å²) in [6, 6.07) is 9.12. The van der Waals surface area contributed by atoms with Crippen LogP contribution in [0.25, 0.3) is 0 Å². The van der Waals surface area contributed by atoms with Gasteiger partial charge in [-0.15, -0.1) is 4.33 Å². The van der Waals surface area contributed by atoms with Gasteiger partial charge >= 0.3 is 17.2 Å². The molecule has 0 fully saturated rings. The van der Waals surface area contributed by atoms with Crippen LogP contribution in [0.4, 0.5) is 8.78 Å². The van der Waals surface area contributed by atoms with E-state index in [0.29, 0.717) is 6.42 Å². The van der Waals surface area contributed by atoms with Gasteiger partial charge in [0.05, 0.1) is 6.61 Å². The summed E-state index contributed by atoms with van der Waals surface area (Å²) in [5.74, 6) is -3.00. The Morgan fingerprint density at radius 2 is 1.86 bits per heavy atom. The number of halogens is 2. The van der Waals surface area contributed by atoms with Crippen LogP contribution in [0.3, 0.4) is 0 Å².